The van der Waals surface area contributed by atoms with Crippen LogP contribution in [0, 0.1) is 0 Å². The number of nitrogens with one attached hydrogen (secondary N) is 1. The lowest BCUT2D eigenvalue weighted by atomic mass is 9.78. The Kier molecular flexibility index (Phi) is 7.67. The molecular weight excluding hydrogens is 583 g/mol. The Morgan fingerprint density at radius 3 is 2.34 bits per heavy atom. The maximum absolute atomic E-state index is 13.0. The van der Waals surface area contributed by atoms with Gasteiger partial charge in [0.15, 0.2) is 0 Å². The summed E-state index contributed by atoms with van der Waals surface area (Å²) in [5, 5.41) is 13.4. The summed E-state index contributed by atoms with van der Waals surface area (Å²) < 4.78 is 50.5. The van der Waals surface area contributed by atoms with E-state index in [9.17, 15) is 23.1 Å². The van der Waals surface area contributed by atoms with Gasteiger partial charge < -0.3 is 19.9 Å². The second-order valence-electron chi connectivity index (χ2n) is 9.55. The molecule has 0 aliphatic carbocycles. The molecule has 5 nitrogen and oxygen atoms in total. The Hall–Kier alpha value is -3.24. The van der Waals surface area contributed by atoms with Crippen LogP contribution < -0.4 is 14.8 Å². The van der Waals surface area contributed by atoms with E-state index in [0.717, 1.165) is 15.6 Å². The number of halogens is 4. The van der Waals surface area contributed by atoms with E-state index in [1.54, 1.807) is 56.3 Å². The van der Waals surface area contributed by atoms with Crippen LogP contribution in [0.1, 0.15) is 48.5 Å². The van der Waals surface area contributed by atoms with Crippen LogP contribution in [0.4, 0.5) is 18.9 Å². The van der Waals surface area contributed by atoms with Gasteiger partial charge in [0.2, 0.25) is 0 Å². The van der Waals surface area contributed by atoms with Gasteiger partial charge in [-0.15, -0.1) is 24.5 Å². The average molecular weight is 608 g/mol. The average Bonchev–Trinajstić information content (AvgIpc) is 3.20. The highest BCUT2D eigenvalue weighted by Crippen LogP contribution is 2.40. The molecule has 0 aliphatic heterocycles. The summed E-state index contributed by atoms with van der Waals surface area (Å²) >= 11 is 4.79. The van der Waals surface area contributed by atoms with Gasteiger partial charge in [0.1, 0.15) is 17.2 Å². The predicted octanol–water partition coefficient (Wildman–Crippen LogP) is 8.63. The Morgan fingerprint density at radius 2 is 1.66 bits per heavy atom. The maximum atomic E-state index is 13.0. The number of phenols is 1. The number of amides is 1. The van der Waals surface area contributed by atoms with Crippen LogP contribution in [0.2, 0.25) is 0 Å². The molecule has 0 fully saturated rings. The van der Waals surface area contributed by atoms with Gasteiger partial charge in [-0.3, -0.25) is 4.79 Å². The molecule has 0 saturated heterocycles. The molecular formula is C28H25BrF3NO4S. The maximum Gasteiger partial charge on any atom is 0.573 e. The van der Waals surface area contributed by atoms with Gasteiger partial charge in [-0.05, 0) is 85.0 Å². The standard InChI is InChI=1S/C28H25BrF3NO4S/c1-15(2)36-22-11-18(12-23(14-22)37-28(30,31)32)27(3,4)17-9-19(29)13-20(10-17)33-26(35)25-8-16-7-21(34)5-6-24(16)38-25/h5-15,34H,1-4H3,(H,33,35). The molecule has 0 spiro atoms. The number of thiophene rings is 1. The van der Waals surface area contributed by atoms with E-state index in [0.29, 0.717) is 20.6 Å². The smallest absolute Gasteiger partial charge is 0.508 e. The minimum atomic E-state index is -4.85. The molecule has 0 atom stereocenters. The fraction of sp³-hybridized carbons (Fsp3) is 0.250. The third-order valence-electron chi connectivity index (χ3n) is 5.81. The summed E-state index contributed by atoms with van der Waals surface area (Å²) in [6.45, 7) is 7.30. The molecule has 0 radical (unpaired) electrons. The summed E-state index contributed by atoms with van der Waals surface area (Å²) in [5.74, 6) is -0.323. The summed E-state index contributed by atoms with van der Waals surface area (Å²) in [6.07, 6.45) is -5.10. The molecule has 0 bridgehead atoms. The predicted molar refractivity (Wildman–Crippen MR) is 147 cm³/mol. The third kappa shape index (κ3) is 6.60. The Morgan fingerprint density at radius 1 is 0.974 bits per heavy atom. The van der Waals surface area contributed by atoms with Gasteiger partial charge in [-0.25, -0.2) is 0 Å². The van der Waals surface area contributed by atoms with Crippen LogP contribution in [0.3, 0.4) is 0 Å². The highest BCUT2D eigenvalue weighted by atomic mass is 79.9. The van der Waals surface area contributed by atoms with Crippen molar-refractivity contribution in [3.05, 3.63) is 81.1 Å². The normalized spacial score (nSPS) is 12.1. The number of hydrogen-bond acceptors (Lipinski definition) is 5. The fourth-order valence-electron chi connectivity index (χ4n) is 3.99. The van der Waals surface area contributed by atoms with E-state index in [4.69, 9.17) is 4.74 Å². The van der Waals surface area contributed by atoms with Gasteiger partial charge in [0, 0.05) is 26.3 Å². The van der Waals surface area contributed by atoms with Crippen molar-refractivity contribution >= 4 is 48.9 Å². The number of carbonyl (C=O) groups is 1. The number of aromatic hydroxyl groups is 1. The summed E-state index contributed by atoms with van der Waals surface area (Å²) in [7, 11) is 0. The Balaban J connectivity index is 1.67. The van der Waals surface area contributed by atoms with E-state index in [1.165, 1.54) is 23.5 Å². The minimum Gasteiger partial charge on any atom is -0.508 e. The highest BCUT2D eigenvalue weighted by Gasteiger charge is 2.33. The van der Waals surface area contributed by atoms with Crippen LogP contribution in [0.15, 0.2) is 65.1 Å². The van der Waals surface area contributed by atoms with E-state index in [2.05, 4.69) is 26.0 Å². The minimum absolute atomic E-state index is 0.118. The summed E-state index contributed by atoms with van der Waals surface area (Å²) in [4.78, 5) is 13.5. The van der Waals surface area contributed by atoms with E-state index in [1.807, 2.05) is 19.9 Å². The van der Waals surface area contributed by atoms with E-state index in [-0.39, 0.29) is 29.3 Å². The van der Waals surface area contributed by atoms with Crippen molar-refractivity contribution < 1.29 is 32.5 Å². The molecule has 2 N–H and O–H groups in total. The fourth-order valence-corrected chi connectivity index (χ4v) is 5.42. The SMILES string of the molecule is CC(C)Oc1cc(OC(F)(F)F)cc(C(C)(C)c2cc(Br)cc(NC(=O)c3cc4cc(O)ccc4s3)c2)c1. The van der Waals surface area contributed by atoms with Crippen LogP contribution in [0.5, 0.6) is 17.2 Å². The first-order valence-corrected chi connectivity index (χ1v) is 13.2. The van der Waals surface area contributed by atoms with Crippen molar-refractivity contribution in [2.45, 2.75) is 45.6 Å². The molecule has 4 aromatic rings. The number of carbonyl (C=O) groups excluding carboxylic acids is 1. The molecule has 4 rings (SSSR count). The van der Waals surface area contributed by atoms with E-state index < -0.39 is 11.8 Å². The zero-order valence-corrected chi connectivity index (χ0v) is 23.3. The van der Waals surface area contributed by atoms with Gasteiger partial charge in [0.25, 0.3) is 5.91 Å². The molecule has 3 aromatic carbocycles. The number of benzene rings is 3. The lowest BCUT2D eigenvalue weighted by molar-refractivity contribution is -0.274. The van der Waals surface area contributed by atoms with Crippen molar-refractivity contribution in [1.82, 2.24) is 0 Å². The first-order chi connectivity index (χ1) is 17.7. The van der Waals surface area contributed by atoms with Gasteiger partial charge in [-0.1, -0.05) is 29.8 Å². The summed E-state index contributed by atoms with van der Waals surface area (Å²) in [5.41, 5.74) is 0.991. The Labute approximate surface area is 230 Å². The van der Waals surface area contributed by atoms with Crippen molar-refractivity contribution in [1.29, 1.82) is 0 Å². The van der Waals surface area contributed by atoms with Gasteiger partial charge >= 0.3 is 6.36 Å². The van der Waals surface area contributed by atoms with Crippen LogP contribution in [0.25, 0.3) is 10.1 Å². The number of phenolic OH excluding ortho intramolecular Hbond substituents is 1. The number of fused-ring (bicyclic) bond motifs is 1. The largest absolute Gasteiger partial charge is 0.573 e. The molecule has 38 heavy (non-hydrogen) atoms. The van der Waals surface area contributed by atoms with Crippen molar-refractivity contribution in [2.75, 3.05) is 5.32 Å². The van der Waals surface area contributed by atoms with E-state index >= 15 is 0 Å². The molecule has 0 saturated carbocycles. The molecule has 10 heteroatoms. The zero-order valence-electron chi connectivity index (χ0n) is 20.9. The monoisotopic (exact) mass is 607 g/mol. The van der Waals surface area contributed by atoms with Gasteiger partial charge in [-0.2, -0.15) is 0 Å². The quantitative estimate of drug-likeness (QED) is 0.221. The number of rotatable bonds is 7. The second kappa shape index (κ2) is 10.5. The first-order valence-electron chi connectivity index (χ1n) is 11.6. The third-order valence-corrected chi connectivity index (χ3v) is 7.38. The van der Waals surface area contributed by atoms with Gasteiger partial charge in [0.05, 0.1) is 11.0 Å². The molecule has 1 aromatic heterocycles. The molecule has 0 unspecified atom stereocenters. The molecule has 0 aliphatic rings. The molecule has 1 heterocycles. The lowest BCUT2D eigenvalue weighted by Crippen LogP contribution is -2.22. The van der Waals surface area contributed by atoms with Crippen molar-refractivity contribution in [3.8, 4) is 17.2 Å². The van der Waals surface area contributed by atoms with Crippen LogP contribution >= 0.6 is 27.3 Å². The highest BCUT2D eigenvalue weighted by molar-refractivity contribution is 9.10. The second-order valence-corrected chi connectivity index (χ2v) is 11.5. The number of ether oxygens (including phenoxy) is 2. The molecule has 1 amide bonds. The Bertz CT molecular complexity index is 1500. The molecule has 200 valence electrons. The lowest BCUT2D eigenvalue weighted by Gasteiger charge is -2.28. The topological polar surface area (TPSA) is 67.8 Å². The summed E-state index contributed by atoms with van der Waals surface area (Å²) in [6, 6.07) is 16.2. The van der Waals surface area contributed by atoms with Crippen LogP contribution in [-0.2, 0) is 5.41 Å². The van der Waals surface area contributed by atoms with Crippen LogP contribution in [-0.4, -0.2) is 23.5 Å². The zero-order chi connectivity index (χ0) is 27.8. The number of anilines is 1. The first kappa shape index (κ1) is 27.8. The number of alkyl halides is 3. The van der Waals surface area contributed by atoms with Crippen molar-refractivity contribution in [2.24, 2.45) is 0 Å². The number of hydrogen-bond donors (Lipinski definition) is 2. The van der Waals surface area contributed by atoms with Crippen molar-refractivity contribution in [3.63, 3.8) is 0 Å².